The average Bonchev–Trinajstić information content (AvgIpc) is 2.55. The van der Waals surface area contributed by atoms with E-state index in [1.165, 1.54) is 0 Å². The van der Waals surface area contributed by atoms with Crippen LogP contribution >= 0.6 is 0 Å². The predicted octanol–water partition coefficient (Wildman–Crippen LogP) is -0.290. The maximum atomic E-state index is 11.7. The van der Waals surface area contributed by atoms with Crippen LogP contribution in [0.25, 0.3) is 0 Å². The summed E-state index contributed by atoms with van der Waals surface area (Å²) in [5.41, 5.74) is 0. The predicted molar refractivity (Wildman–Crippen MR) is 61.7 cm³/mol. The van der Waals surface area contributed by atoms with Gasteiger partial charge in [-0.15, -0.1) is 5.06 Å². The minimum atomic E-state index is -4.67. The molecule has 2 amide bonds. The van der Waals surface area contributed by atoms with Crippen LogP contribution in [0.3, 0.4) is 0 Å². The molecule has 112 valence electrons. The van der Waals surface area contributed by atoms with E-state index in [4.69, 9.17) is 4.55 Å². The van der Waals surface area contributed by atoms with Crippen molar-refractivity contribution in [2.24, 2.45) is 5.92 Å². The van der Waals surface area contributed by atoms with Crippen LogP contribution in [0.15, 0.2) is 0 Å². The molecule has 1 N–H and O–H groups in total. The van der Waals surface area contributed by atoms with Gasteiger partial charge in [-0.3, -0.25) is 15.8 Å². The molecule has 0 aromatic heterocycles. The minimum Gasteiger partial charge on any atom is -0.331 e. The van der Waals surface area contributed by atoms with E-state index in [9.17, 15) is 22.8 Å². The molecule has 1 rings (SSSR count). The molecule has 20 heavy (non-hydrogen) atoms. The van der Waals surface area contributed by atoms with Crippen molar-refractivity contribution in [3.63, 3.8) is 0 Å². The Balaban J connectivity index is 0.00000361. The first kappa shape index (κ1) is 19.4. The molecule has 0 spiro atoms. The van der Waals surface area contributed by atoms with Gasteiger partial charge in [-0.05, 0) is 12.3 Å². The van der Waals surface area contributed by atoms with Crippen molar-refractivity contribution in [2.45, 2.75) is 31.9 Å². The van der Waals surface area contributed by atoms with Gasteiger partial charge < -0.3 is 9.63 Å². The van der Waals surface area contributed by atoms with E-state index < -0.39 is 33.2 Å². The van der Waals surface area contributed by atoms with Crippen LogP contribution in [0.4, 0.5) is 0 Å². The van der Waals surface area contributed by atoms with Crippen molar-refractivity contribution in [1.82, 2.24) is 5.06 Å². The number of imide groups is 1. The Morgan fingerprint density at radius 3 is 2.35 bits per heavy atom. The van der Waals surface area contributed by atoms with E-state index >= 15 is 0 Å². The summed E-state index contributed by atoms with van der Waals surface area (Å²) < 4.78 is 31.2. The second-order valence-corrected chi connectivity index (χ2v) is 6.08. The zero-order valence-electron chi connectivity index (χ0n) is 10.9. The summed E-state index contributed by atoms with van der Waals surface area (Å²) in [6.07, 6.45) is 0.602. The van der Waals surface area contributed by atoms with Crippen LogP contribution in [-0.2, 0) is 29.3 Å². The van der Waals surface area contributed by atoms with E-state index in [0.717, 1.165) is 6.42 Å². The molecule has 1 heterocycles. The fourth-order valence-electron chi connectivity index (χ4n) is 1.48. The number of nitrogens with zero attached hydrogens (tertiary/aromatic N) is 1. The zero-order valence-corrected chi connectivity index (χ0v) is 15.9. The van der Waals surface area contributed by atoms with E-state index in [1.807, 2.05) is 0 Å². The van der Waals surface area contributed by atoms with E-state index in [2.05, 4.69) is 4.84 Å². The molecule has 1 saturated heterocycles. The summed E-state index contributed by atoms with van der Waals surface area (Å²) >= 11 is 0. The quantitative estimate of drug-likeness (QED) is 0.295. The number of hydrogen-bond acceptors (Lipinski definition) is 6. The number of amides is 2. The summed E-state index contributed by atoms with van der Waals surface area (Å²) in [5, 5.41) is -1.63. The summed E-state index contributed by atoms with van der Waals surface area (Å²) in [4.78, 5) is 38.5. The first-order valence-corrected chi connectivity index (χ1v) is 7.01. The molecule has 0 aromatic carbocycles. The molecule has 1 aliphatic rings. The molecule has 1 atom stereocenters. The number of carbonyl (C=O) groups is 3. The van der Waals surface area contributed by atoms with Gasteiger partial charge in [0.15, 0.2) is 5.25 Å². The third kappa shape index (κ3) is 5.09. The maximum Gasteiger partial charge on any atom is 0.353 e. The molecule has 10 heteroatoms. The van der Waals surface area contributed by atoms with Crippen molar-refractivity contribution in [3.8, 4) is 0 Å². The summed E-state index contributed by atoms with van der Waals surface area (Å²) in [6.45, 7) is 3.29. The first-order chi connectivity index (χ1) is 8.62. The maximum absolute atomic E-state index is 11.7. The van der Waals surface area contributed by atoms with E-state index in [1.54, 1.807) is 13.8 Å². The van der Waals surface area contributed by atoms with Gasteiger partial charge in [0.25, 0.3) is 10.1 Å². The van der Waals surface area contributed by atoms with Crippen LogP contribution in [-0.4, -0.2) is 41.1 Å². The molecule has 1 unspecified atom stereocenters. The van der Waals surface area contributed by atoms with Gasteiger partial charge >= 0.3 is 5.97 Å². The smallest absolute Gasteiger partial charge is 0.331 e. The molecule has 0 aromatic rings. The van der Waals surface area contributed by atoms with Crippen LogP contribution < -0.4 is 0 Å². The van der Waals surface area contributed by atoms with Crippen molar-refractivity contribution < 1.29 is 63.3 Å². The SMILES string of the molecule is CC(C)CC(C(=O)ON1C(=O)[CH-]CC1=O)S(=O)(=O)O.[U]. The largest absolute Gasteiger partial charge is 0.353 e. The van der Waals surface area contributed by atoms with Crippen molar-refractivity contribution in [3.05, 3.63) is 6.42 Å². The van der Waals surface area contributed by atoms with Crippen LogP contribution in [0.1, 0.15) is 26.7 Å². The summed E-state index contributed by atoms with van der Waals surface area (Å²) in [6, 6.07) is 0. The van der Waals surface area contributed by atoms with Gasteiger partial charge in [0.05, 0.1) is 0 Å². The van der Waals surface area contributed by atoms with Gasteiger partial charge in [-0.1, -0.05) is 20.3 Å². The topological polar surface area (TPSA) is 118 Å². The summed E-state index contributed by atoms with van der Waals surface area (Å²) in [5.74, 6) is -3.17. The average molecular weight is 530 g/mol. The van der Waals surface area contributed by atoms with Gasteiger partial charge in [0.1, 0.15) is 5.91 Å². The molecular weight excluding hydrogens is 516 g/mol. The molecule has 8 nitrogen and oxygen atoms in total. The van der Waals surface area contributed by atoms with Crippen LogP contribution in [0.5, 0.6) is 0 Å². The molecule has 0 bridgehead atoms. The Morgan fingerprint density at radius 2 is 2.00 bits per heavy atom. The second kappa shape index (κ2) is 7.45. The first-order valence-electron chi connectivity index (χ1n) is 5.51. The number of hydroxylamine groups is 2. The zero-order chi connectivity index (χ0) is 14.8. The van der Waals surface area contributed by atoms with Crippen LogP contribution in [0.2, 0.25) is 0 Å². The molecule has 0 aliphatic carbocycles. The second-order valence-electron chi connectivity index (χ2n) is 4.48. The molecule has 1 aliphatic heterocycles. The fourth-order valence-corrected chi connectivity index (χ4v) is 2.39. The Morgan fingerprint density at radius 1 is 1.45 bits per heavy atom. The Bertz CT molecular complexity index is 486. The van der Waals surface area contributed by atoms with Crippen LogP contribution in [0, 0.1) is 43.5 Å². The van der Waals surface area contributed by atoms with Gasteiger partial charge in [-0.25, -0.2) is 4.79 Å². The number of rotatable bonds is 5. The van der Waals surface area contributed by atoms with Crippen molar-refractivity contribution in [1.29, 1.82) is 0 Å². The molecule has 1 fully saturated rings. The fraction of sp³-hybridized carbons (Fsp3) is 0.600. The Hall–Kier alpha value is -0.558. The Labute approximate surface area is 140 Å². The Kier molecular flexibility index (Phi) is 7.24. The molecule has 0 saturated carbocycles. The van der Waals surface area contributed by atoms with Gasteiger partial charge in [0.2, 0.25) is 5.91 Å². The monoisotopic (exact) mass is 530 g/mol. The third-order valence-corrected chi connectivity index (χ3v) is 3.47. The third-order valence-electron chi connectivity index (χ3n) is 2.37. The number of carbonyl (C=O) groups excluding carboxylic acids is 3. The molecule has 0 radical (unpaired) electrons. The van der Waals surface area contributed by atoms with E-state index in [-0.39, 0.29) is 54.9 Å². The normalized spacial score (nSPS) is 16.7. The minimum absolute atomic E-state index is 0. The molecular formula is C10H14NO7SU-. The number of hydrogen-bond donors (Lipinski definition) is 1. The van der Waals surface area contributed by atoms with Gasteiger partial charge in [0, 0.05) is 31.1 Å². The standard InChI is InChI=1S/C10H14NO7S.U/c1-6(2)5-7(19(15,16)17)10(14)18-11-8(12)3-4-9(11)13;/h3,6-7H,4-5H2,1-2H3,(H,15,16,17);/q-1;. The van der Waals surface area contributed by atoms with Crippen molar-refractivity contribution >= 4 is 27.9 Å². The van der Waals surface area contributed by atoms with Gasteiger partial charge in [-0.2, -0.15) is 8.42 Å². The summed E-state index contributed by atoms with van der Waals surface area (Å²) in [7, 11) is -4.67. The van der Waals surface area contributed by atoms with E-state index in [0.29, 0.717) is 0 Å². The van der Waals surface area contributed by atoms with Crippen molar-refractivity contribution in [2.75, 3.05) is 0 Å².